The molecule has 0 amide bonds. The molecule has 0 spiro atoms. The second kappa shape index (κ2) is 5.32. The van der Waals surface area contributed by atoms with Gasteiger partial charge >= 0.3 is 0 Å². The van der Waals surface area contributed by atoms with E-state index < -0.39 is 0 Å². The van der Waals surface area contributed by atoms with E-state index in [1.165, 1.54) is 6.33 Å². The maximum Gasteiger partial charge on any atom is 0.150 e. The molecule has 0 saturated carbocycles. The normalized spacial score (nSPS) is 21.4. The Bertz CT molecular complexity index is 353. The zero-order valence-electron chi connectivity index (χ0n) is 8.95. The molecule has 16 heavy (non-hydrogen) atoms. The zero-order valence-corrected chi connectivity index (χ0v) is 9.70. The monoisotopic (exact) mass is 242 g/mol. The molecule has 0 aromatic carbocycles. The minimum absolute atomic E-state index is 0.309. The van der Waals surface area contributed by atoms with Crippen LogP contribution in [0, 0.1) is 0 Å². The summed E-state index contributed by atoms with van der Waals surface area (Å²) in [5, 5.41) is 3.68. The van der Waals surface area contributed by atoms with Gasteiger partial charge in [-0.15, -0.1) is 0 Å². The molecule has 0 radical (unpaired) electrons. The summed E-state index contributed by atoms with van der Waals surface area (Å²) >= 11 is 6.01. The number of anilines is 2. The minimum Gasteiger partial charge on any atom is -0.382 e. The van der Waals surface area contributed by atoms with Crippen molar-refractivity contribution in [2.24, 2.45) is 0 Å². The number of nitrogen functional groups attached to an aromatic ring is 1. The Labute approximate surface area is 99.4 Å². The third-order valence-corrected chi connectivity index (χ3v) is 2.98. The lowest BCUT2D eigenvalue weighted by Crippen LogP contribution is -2.20. The first kappa shape index (κ1) is 11.4. The largest absolute Gasteiger partial charge is 0.382 e. The van der Waals surface area contributed by atoms with Gasteiger partial charge in [-0.3, -0.25) is 0 Å². The average Bonchev–Trinajstić information content (AvgIpc) is 2.53. The van der Waals surface area contributed by atoms with Crippen molar-refractivity contribution in [3.63, 3.8) is 0 Å². The molecule has 0 aliphatic carbocycles. The number of hydrogen-bond donors (Lipinski definition) is 2. The fourth-order valence-corrected chi connectivity index (χ4v) is 1.88. The van der Waals surface area contributed by atoms with E-state index in [2.05, 4.69) is 15.3 Å². The molecule has 3 N–H and O–H groups in total. The molecule has 1 aliphatic rings. The molecule has 2 heterocycles. The molecule has 1 fully saturated rings. The molecule has 88 valence electrons. The van der Waals surface area contributed by atoms with Crippen molar-refractivity contribution in [3.05, 3.63) is 11.3 Å². The SMILES string of the molecule is Nc1ncnc(N[C@H]2CCCOCC2)c1Cl. The van der Waals surface area contributed by atoms with Crippen molar-refractivity contribution in [3.8, 4) is 0 Å². The highest BCUT2D eigenvalue weighted by Gasteiger charge is 2.15. The Balaban J connectivity index is 2.04. The first-order chi connectivity index (χ1) is 7.77. The molecule has 5 nitrogen and oxygen atoms in total. The lowest BCUT2D eigenvalue weighted by Gasteiger charge is -2.17. The number of hydrogen-bond acceptors (Lipinski definition) is 5. The van der Waals surface area contributed by atoms with E-state index in [1.807, 2.05) is 0 Å². The summed E-state index contributed by atoms with van der Waals surface area (Å²) in [6, 6.07) is 0.342. The van der Waals surface area contributed by atoms with Crippen LogP contribution in [0.2, 0.25) is 5.02 Å². The van der Waals surface area contributed by atoms with Gasteiger partial charge in [-0.2, -0.15) is 0 Å². The van der Waals surface area contributed by atoms with Gasteiger partial charge in [0.2, 0.25) is 0 Å². The molecule has 1 atom stereocenters. The highest BCUT2D eigenvalue weighted by Crippen LogP contribution is 2.25. The quantitative estimate of drug-likeness (QED) is 0.826. The third-order valence-electron chi connectivity index (χ3n) is 2.61. The fourth-order valence-electron chi connectivity index (χ4n) is 1.73. The molecular formula is C10H15ClN4O. The molecule has 2 rings (SSSR count). The van der Waals surface area contributed by atoms with Gasteiger partial charge in [0.05, 0.1) is 0 Å². The lowest BCUT2D eigenvalue weighted by molar-refractivity contribution is 0.144. The molecular weight excluding hydrogens is 228 g/mol. The van der Waals surface area contributed by atoms with Crippen molar-refractivity contribution in [1.82, 2.24) is 9.97 Å². The summed E-state index contributed by atoms with van der Waals surface area (Å²) < 4.78 is 5.39. The molecule has 1 aliphatic heterocycles. The maximum atomic E-state index is 6.01. The van der Waals surface area contributed by atoms with Crippen molar-refractivity contribution < 1.29 is 4.74 Å². The second-order valence-electron chi connectivity index (χ2n) is 3.81. The first-order valence-electron chi connectivity index (χ1n) is 5.37. The van der Waals surface area contributed by atoms with Crippen molar-refractivity contribution in [2.45, 2.75) is 25.3 Å². The molecule has 1 aromatic rings. The van der Waals surface area contributed by atoms with Crippen molar-refractivity contribution >= 4 is 23.2 Å². The van der Waals surface area contributed by atoms with E-state index in [1.54, 1.807) is 0 Å². The number of halogens is 1. The Morgan fingerprint density at radius 3 is 3.12 bits per heavy atom. The number of nitrogens with one attached hydrogen (secondary N) is 1. The Morgan fingerprint density at radius 1 is 1.38 bits per heavy atom. The summed E-state index contributed by atoms with van der Waals surface area (Å²) in [4.78, 5) is 7.91. The molecule has 1 aromatic heterocycles. The van der Waals surface area contributed by atoms with Gasteiger partial charge in [0, 0.05) is 19.3 Å². The van der Waals surface area contributed by atoms with Crippen LogP contribution in [0.15, 0.2) is 6.33 Å². The number of aromatic nitrogens is 2. The predicted octanol–water partition coefficient (Wildman–Crippen LogP) is 1.69. The summed E-state index contributed by atoms with van der Waals surface area (Å²) in [5.74, 6) is 0.921. The number of nitrogens with zero attached hydrogens (tertiary/aromatic N) is 2. The van der Waals surface area contributed by atoms with E-state index in [-0.39, 0.29) is 0 Å². The third kappa shape index (κ3) is 2.74. The highest BCUT2D eigenvalue weighted by atomic mass is 35.5. The van der Waals surface area contributed by atoms with E-state index >= 15 is 0 Å². The van der Waals surface area contributed by atoms with Crippen molar-refractivity contribution in [1.29, 1.82) is 0 Å². The topological polar surface area (TPSA) is 73.1 Å². The van der Waals surface area contributed by atoms with Crippen LogP contribution in [-0.2, 0) is 4.74 Å². The van der Waals surface area contributed by atoms with Crippen LogP contribution in [-0.4, -0.2) is 29.2 Å². The predicted molar refractivity (Wildman–Crippen MR) is 63.5 cm³/mol. The highest BCUT2D eigenvalue weighted by molar-refractivity contribution is 6.35. The van der Waals surface area contributed by atoms with Gasteiger partial charge < -0.3 is 15.8 Å². The lowest BCUT2D eigenvalue weighted by atomic mass is 10.1. The van der Waals surface area contributed by atoms with E-state index in [9.17, 15) is 0 Å². The Hall–Kier alpha value is -1.07. The van der Waals surface area contributed by atoms with E-state index in [0.717, 1.165) is 32.5 Å². The number of nitrogens with two attached hydrogens (primary N) is 1. The minimum atomic E-state index is 0.309. The van der Waals surface area contributed by atoms with Gasteiger partial charge in [0.1, 0.15) is 17.2 Å². The first-order valence-corrected chi connectivity index (χ1v) is 5.75. The van der Waals surface area contributed by atoms with Crippen LogP contribution < -0.4 is 11.1 Å². The smallest absolute Gasteiger partial charge is 0.150 e. The zero-order chi connectivity index (χ0) is 11.4. The molecule has 1 saturated heterocycles. The maximum absolute atomic E-state index is 6.01. The molecule has 0 unspecified atom stereocenters. The van der Waals surface area contributed by atoms with E-state index in [0.29, 0.717) is 22.7 Å². The fraction of sp³-hybridized carbons (Fsp3) is 0.600. The van der Waals surface area contributed by atoms with Crippen LogP contribution in [0.5, 0.6) is 0 Å². The summed E-state index contributed by atoms with van der Waals surface area (Å²) in [5.41, 5.74) is 5.61. The second-order valence-corrected chi connectivity index (χ2v) is 4.18. The average molecular weight is 243 g/mol. The summed E-state index contributed by atoms with van der Waals surface area (Å²) in [6.07, 6.45) is 4.48. The van der Waals surface area contributed by atoms with Gasteiger partial charge in [0.15, 0.2) is 5.82 Å². The van der Waals surface area contributed by atoms with Crippen molar-refractivity contribution in [2.75, 3.05) is 24.3 Å². The van der Waals surface area contributed by atoms with Gasteiger partial charge in [-0.25, -0.2) is 9.97 Å². The molecule has 6 heteroatoms. The van der Waals surface area contributed by atoms with Gasteiger partial charge in [-0.1, -0.05) is 11.6 Å². The van der Waals surface area contributed by atoms with Crippen LogP contribution >= 0.6 is 11.6 Å². The Morgan fingerprint density at radius 2 is 2.25 bits per heavy atom. The van der Waals surface area contributed by atoms with Crippen LogP contribution in [0.25, 0.3) is 0 Å². The standard InChI is InChI=1S/C10H15ClN4O/c11-8-9(12)13-6-14-10(8)15-7-2-1-4-16-5-3-7/h6-7H,1-5H2,(H3,12,13,14,15)/t7-/m0/s1. The Kier molecular flexibility index (Phi) is 3.79. The number of ether oxygens (including phenoxy) is 1. The van der Waals surface area contributed by atoms with Crippen LogP contribution in [0.3, 0.4) is 0 Å². The van der Waals surface area contributed by atoms with E-state index in [4.69, 9.17) is 22.1 Å². The summed E-state index contributed by atoms with van der Waals surface area (Å²) in [6.45, 7) is 1.60. The summed E-state index contributed by atoms with van der Waals surface area (Å²) in [7, 11) is 0. The van der Waals surface area contributed by atoms with Gasteiger partial charge in [0.25, 0.3) is 0 Å². The number of rotatable bonds is 2. The van der Waals surface area contributed by atoms with Crippen LogP contribution in [0.1, 0.15) is 19.3 Å². The molecule has 0 bridgehead atoms. The van der Waals surface area contributed by atoms with Crippen LogP contribution in [0.4, 0.5) is 11.6 Å². The van der Waals surface area contributed by atoms with Gasteiger partial charge in [-0.05, 0) is 19.3 Å².